The van der Waals surface area contributed by atoms with Crippen molar-refractivity contribution in [3.8, 4) is 5.75 Å². The third-order valence-electron chi connectivity index (χ3n) is 5.57. The highest BCUT2D eigenvalue weighted by Crippen LogP contribution is 2.27. The van der Waals surface area contributed by atoms with Crippen molar-refractivity contribution in [2.75, 3.05) is 39.9 Å². The molecule has 2 aliphatic rings. The smallest absolute Gasteiger partial charge is 0.254 e. The van der Waals surface area contributed by atoms with Gasteiger partial charge in [0.1, 0.15) is 12.4 Å². The standard InChI is InChI=1S/C23H28N2O3/c1-24-12-13-25(22(16-24)18-7-3-2-4-8-18)23(26)19-9-5-10-20(15-19)28-17-21-11-6-14-27-21/h2-5,7-10,15,21-22H,6,11-14,16-17H2,1H3/t21-,22-/m0/s1. The van der Waals surface area contributed by atoms with Crippen molar-refractivity contribution in [1.29, 1.82) is 0 Å². The first kappa shape index (κ1) is 19.0. The van der Waals surface area contributed by atoms with Gasteiger partial charge >= 0.3 is 0 Å². The van der Waals surface area contributed by atoms with Gasteiger partial charge in [-0.2, -0.15) is 0 Å². The number of carbonyl (C=O) groups is 1. The summed E-state index contributed by atoms with van der Waals surface area (Å²) in [7, 11) is 2.11. The van der Waals surface area contributed by atoms with Crippen molar-refractivity contribution in [3.05, 3.63) is 65.7 Å². The SMILES string of the molecule is CN1CCN(C(=O)c2cccc(OC[C@@H]3CCCO3)c2)[C@H](c2ccccc2)C1. The maximum Gasteiger partial charge on any atom is 0.254 e. The summed E-state index contributed by atoms with van der Waals surface area (Å²) in [5.74, 6) is 0.788. The minimum atomic E-state index is 0.0592. The number of likely N-dealkylation sites (N-methyl/N-ethyl adjacent to an activating group) is 1. The van der Waals surface area contributed by atoms with E-state index < -0.39 is 0 Å². The molecule has 5 nitrogen and oxygen atoms in total. The van der Waals surface area contributed by atoms with Gasteiger partial charge in [-0.15, -0.1) is 0 Å². The number of hydrogen-bond donors (Lipinski definition) is 0. The highest BCUT2D eigenvalue weighted by Gasteiger charge is 2.31. The van der Waals surface area contributed by atoms with Gasteiger partial charge in [-0.25, -0.2) is 0 Å². The summed E-state index contributed by atoms with van der Waals surface area (Å²) in [6, 6.07) is 17.9. The predicted octanol–water partition coefficient (Wildman–Crippen LogP) is 3.37. The van der Waals surface area contributed by atoms with Crippen LogP contribution in [-0.4, -0.2) is 61.7 Å². The fourth-order valence-corrected chi connectivity index (χ4v) is 3.97. The van der Waals surface area contributed by atoms with Gasteiger partial charge in [0.15, 0.2) is 0 Å². The molecule has 0 unspecified atom stereocenters. The second kappa shape index (κ2) is 8.76. The molecule has 0 N–H and O–H groups in total. The Hall–Kier alpha value is -2.37. The van der Waals surface area contributed by atoms with Gasteiger partial charge < -0.3 is 19.3 Å². The Balaban J connectivity index is 1.49. The first-order valence-corrected chi connectivity index (χ1v) is 10.1. The van der Waals surface area contributed by atoms with E-state index in [-0.39, 0.29) is 18.1 Å². The third-order valence-corrected chi connectivity index (χ3v) is 5.57. The average Bonchev–Trinajstić information content (AvgIpc) is 3.26. The van der Waals surface area contributed by atoms with E-state index in [0.29, 0.717) is 12.2 Å². The number of rotatable bonds is 5. The fourth-order valence-electron chi connectivity index (χ4n) is 3.97. The molecule has 2 saturated heterocycles. The van der Waals surface area contributed by atoms with Crippen LogP contribution in [0.2, 0.25) is 0 Å². The Morgan fingerprint density at radius 3 is 2.79 bits per heavy atom. The molecule has 2 heterocycles. The van der Waals surface area contributed by atoms with Gasteiger partial charge in [0.25, 0.3) is 5.91 Å². The Labute approximate surface area is 166 Å². The van der Waals surface area contributed by atoms with Gasteiger partial charge in [-0.05, 0) is 43.7 Å². The Kier molecular flexibility index (Phi) is 5.93. The number of amides is 1. The molecule has 0 aliphatic carbocycles. The highest BCUT2D eigenvalue weighted by atomic mass is 16.5. The van der Waals surface area contributed by atoms with Crippen molar-refractivity contribution in [2.45, 2.75) is 25.0 Å². The van der Waals surface area contributed by atoms with Crippen LogP contribution < -0.4 is 4.74 Å². The fraction of sp³-hybridized carbons (Fsp3) is 0.435. The molecule has 1 amide bonds. The van der Waals surface area contributed by atoms with E-state index in [9.17, 15) is 4.79 Å². The summed E-state index contributed by atoms with van der Waals surface area (Å²) < 4.78 is 11.5. The van der Waals surface area contributed by atoms with Gasteiger partial charge in [0, 0.05) is 31.8 Å². The van der Waals surface area contributed by atoms with Crippen LogP contribution in [0, 0.1) is 0 Å². The largest absolute Gasteiger partial charge is 0.491 e. The molecule has 0 radical (unpaired) electrons. The summed E-state index contributed by atoms with van der Waals surface area (Å²) in [6.07, 6.45) is 2.30. The molecule has 148 valence electrons. The number of hydrogen-bond acceptors (Lipinski definition) is 4. The van der Waals surface area contributed by atoms with E-state index in [1.54, 1.807) is 0 Å². The van der Waals surface area contributed by atoms with Crippen LogP contribution in [0.4, 0.5) is 0 Å². The number of nitrogens with zero attached hydrogens (tertiary/aromatic N) is 2. The zero-order chi connectivity index (χ0) is 19.3. The molecule has 2 aromatic carbocycles. The molecule has 0 aromatic heterocycles. The van der Waals surface area contributed by atoms with E-state index in [0.717, 1.165) is 44.8 Å². The molecule has 5 heteroatoms. The second-order valence-corrected chi connectivity index (χ2v) is 7.66. The molecule has 2 atom stereocenters. The number of benzene rings is 2. The molecule has 0 spiro atoms. The van der Waals surface area contributed by atoms with E-state index >= 15 is 0 Å². The number of piperazine rings is 1. The molecule has 4 rings (SSSR count). The van der Waals surface area contributed by atoms with Gasteiger partial charge in [-0.3, -0.25) is 4.79 Å². The lowest BCUT2D eigenvalue weighted by molar-refractivity contribution is 0.0497. The second-order valence-electron chi connectivity index (χ2n) is 7.66. The number of ether oxygens (including phenoxy) is 2. The maximum absolute atomic E-state index is 13.3. The van der Waals surface area contributed by atoms with Crippen molar-refractivity contribution in [3.63, 3.8) is 0 Å². The Morgan fingerprint density at radius 1 is 1.14 bits per heavy atom. The molecule has 28 heavy (non-hydrogen) atoms. The predicted molar refractivity (Wildman–Crippen MR) is 109 cm³/mol. The van der Waals surface area contributed by atoms with Crippen LogP contribution in [0.25, 0.3) is 0 Å². The summed E-state index contributed by atoms with van der Waals surface area (Å²) >= 11 is 0. The highest BCUT2D eigenvalue weighted by molar-refractivity contribution is 5.95. The monoisotopic (exact) mass is 380 g/mol. The maximum atomic E-state index is 13.3. The third kappa shape index (κ3) is 4.37. The van der Waals surface area contributed by atoms with Crippen molar-refractivity contribution in [2.24, 2.45) is 0 Å². The Bertz CT molecular complexity index is 789. The normalized spacial score (nSPS) is 23.0. The van der Waals surface area contributed by atoms with Crippen LogP contribution in [0.3, 0.4) is 0 Å². The summed E-state index contributed by atoms with van der Waals surface area (Å²) in [6.45, 7) is 3.79. The zero-order valence-corrected chi connectivity index (χ0v) is 16.4. The van der Waals surface area contributed by atoms with E-state index in [1.165, 1.54) is 5.56 Å². The topological polar surface area (TPSA) is 42.0 Å². The quantitative estimate of drug-likeness (QED) is 0.798. The molecule has 2 aromatic rings. The molecular formula is C23H28N2O3. The minimum Gasteiger partial charge on any atom is -0.491 e. The summed E-state index contributed by atoms with van der Waals surface area (Å²) in [5.41, 5.74) is 1.85. The van der Waals surface area contributed by atoms with E-state index in [1.807, 2.05) is 47.4 Å². The van der Waals surface area contributed by atoms with Gasteiger partial charge in [-0.1, -0.05) is 36.4 Å². The van der Waals surface area contributed by atoms with Crippen LogP contribution in [0.5, 0.6) is 5.75 Å². The average molecular weight is 380 g/mol. The van der Waals surface area contributed by atoms with Crippen molar-refractivity contribution in [1.82, 2.24) is 9.80 Å². The van der Waals surface area contributed by atoms with Crippen LogP contribution in [0.15, 0.2) is 54.6 Å². The van der Waals surface area contributed by atoms with E-state index in [2.05, 4.69) is 24.1 Å². The summed E-state index contributed by atoms with van der Waals surface area (Å²) in [5, 5.41) is 0. The molecular weight excluding hydrogens is 352 g/mol. The minimum absolute atomic E-state index is 0.0592. The first-order valence-electron chi connectivity index (χ1n) is 10.1. The van der Waals surface area contributed by atoms with Crippen LogP contribution in [-0.2, 0) is 4.74 Å². The van der Waals surface area contributed by atoms with Crippen LogP contribution in [0.1, 0.15) is 34.8 Å². The first-order chi connectivity index (χ1) is 13.7. The molecule has 0 bridgehead atoms. The van der Waals surface area contributed by atoms with Gasteiger partial charge in [0.05, 0.1) is 12.1 Å². The van der Waals surface area contributed by atoms with Crippen molar-refractivity contribution < 1.29 is 14.3 Å². The number of carbonyl (C=O) groups excluding carboxylic acids is 1. The van der Waals surface area contributed by atoms with E-state index in [4.69, 9.17) is 9.47 Å². The lowest BCUT2D eigenvalue weighted by atomic mass is 10.0. The van der Waals surface area contributed by atoms with Crippen LogP contribution >= 0.6 is 0 Å². The van der Waals surface area contributed by atoms with Gasteiger partial charge in [0.2, 0.25) is 0 Å². The van der Waals surface area contributed by atoms with Crippen molar-refractivity contribution >= 4 is 5.91 Å². The molecule has 2 aliphatic heterocycles. The molecule has 2 fully saturated rings. The molecule has 0 saturated carbocycles. The summed E-state index contributed by atoms with van der Waals surface area (Å²) in [4.78, 5) is 17.6. The lowest BCUT2D eigenvalue weighted by Crippen LogP contribution is -2.49. The zero-order valence-electron chi connectivity index (χ0n) is 16.4. The lowest BCUT2D eigenvalue weighted by Gasteiger charge is -2.40. The Morgan fingerprint density at radius 2 is 2.00 bits per heavy atom.